The second-order valence-corrected chi connectivity index (χ2v) is 7.81. The lowest BCUT2D eigenvalue weighted by Gasteiger charge is -2.42. The zero-order valence-corrected chi connectivity index (χ0v) is 15.9. The smallest absolute Gasteiger partial charge is 0.127 e. The van der Waals surface area contributed by atoms with Crippen LogP contribution in [-0.4, -0.2) is 59.9 Å². The molecule has 2 aromatic carbocycles. The van der Waals surface area contributed by atoms with Crippen LogP contribution in [0.3, 0.4) is 0 Å². The second-order valence-electron chi connectivity index (χ2n) is 7.81. The minimum Gasteiger partial charge on any atom is -0.379 e. The molecule has 0 saturated carbocycles. The zero-order chi connectivity index (χ0) is 19.3. The van der Waals surface area contributed by atoms with Crippen molar-refractivity contribution in [2.45, 2.75) is 11.8 Å². The number of hydrazone groups is 1. The third-order valence-corrected chi connectivity index (χ3v) is 5.67. The molecule has 7 heteroatoms. The Labute approximate surface area is 162 Å². The highest BCUT2D eigenvalue weighted by molar-refractivity contribution is 5.93. The number of hydrogen-bond donors (Lipinski definition) is 1. The third kappa shape index (κ3) is 2.74. The van der Waals surface area contributed by atoms with Gasteiger partial charge in [0.1, 0.15) is 24.0 Å². The Morgan fingerprint density at radius 2 is 2.04 bits per heavy atom. The topological polar surface area (TPSA) is 56.8 Å². The van der Waals surface area contributed by atoms with Crippen LogP contribution in [0.4, 0.5) is 4.39 Å². The van der Waals surface area contributed by atoms with E-state index in [0.29, 0.717) is 13.2 Å². The summed E-state index contributed by atoms with van der Waals surface area (Å²) in [6.07, 6.45) is 0.827. The van der Waals surface area contributed by atoms with Crippen molar-refractivity contribution in [1.29, 1.82) is 0 Å². The van der Waals surface area contributed by atoms with E-state index in [9.17, 15) is 4.39 Å². The monoisotopic (exact) mass is 379 g/mol. The number of amidine groups is 1. The van der Waals surface area contributed by atoms with Crippen LogP contribution in [0, 0.1) is 5.82 Å². The fraction of sp³-hybridized carbons (Fsp3) is 0.333. The van der Waals surface area contributed by atoms with E-state index in [-0.39, 0.29) is 11.2 Å². The highest BCUT2D eigenvalue weighted by Gasteiger charge is 2.43. The van der Waals surface area contributed by atoms with Crippen molar-refractivity contribution in [3.63, 3.8) is 0 Å². The standard InChI is InChI=1S/C21H22FN5O/c1-26-13-27(2)25-19(26)10-21(11-28-12-21)15-5-3-4-14(8-15)20-17-9-16(22)6-7-18(17)23-24-20/h3-9H,10-13H2,1-2H3,(H,23,24). The maximum absolute atomic E-state index is 13.8. The summed E-state index contributed by atoms with van der Waals surface area (Å²) in [5.41, 5.74) is 3.68. The molecule has 0 spiro atoms. The summed E-state index contributed by atoms with van der Waals surface area (Å²) in [6, 6.07) is 13.0. The molecular formula is C21H22FN5O. The number of aromatic amines is 1. The van der Waals surface area contributed by atoms with E-state index < -0.39 is 0 Å². The quantitative estimate of drug-likeness (QED) is 0.757. The van der Waals surface area contributed by atoms with Crippen LogP contribution >= 0.6 is 0 Å². The molecule has 144 valence electrons. The number of fused-ring (bicyclic) bond motifs is 1. The van der Waals surface area contributed by atoms with E-state index in [1.807, 2.05) is 24.2 Å². The van der Waals surface area contributed by atoms with Gasteiger partial charge >= 0.3 is 0 Å². The lowest BCUT2D eigenvalue weighted by molar-refractivity contribution is -0.0571. The average Bonchev–Trinajstić information content (AvgIpc) is 3.20. The molecule has 0 amide bonds. The molecule has 1 saturated heterocycles. The zero-order valence-electron chi connectivity index (χ0n) is 15.9. The van der Waals surface area contributed by atoms with Gasteiger partial charge in [0.05, 0.1) is 18.7 Å². The molecule has 5 rings (SSSR count). The van der Waals surface area contributed by atoms with Gasteiger partial charge in [0, 0.05) is 36.9 Å². The van der Waals surface area contributed by atoms with Gasteiger partial charge in [-0.3, -0.25) is 10.1 Å². The Morgan fingerprint density at radius 3 is 2.75 bits per heavy atom. The fourth-order valence-corrected chi connectivity index (χ4v) is 4.09. The Kier molecular flexibility index (Phi) is 3.87. The number of ether oxygens (including phenoxy) is 1. The minimum atomic E-state index is -0.262. The first kappa shape index (κ1) is 17.2. The van der Waals surface area contributed by atoms with Crippen LogP contribution in [0.15, 0.2) is 47.6 Å². The highest BCUT2D eigenvalue weighted by Crippen LogP contribution is 2.39. The summed E-state index contributed by atoms with van der Waals surface area (Å²) in [7, 11) is 4.05. The van der Waals surface area contributed by atoms with Crippen molar-refractivity contribution < 1.29 is 9.13 Å². The molecule has 0 unspecified atom stereocenters. The van der Waals surface area contributed by atoms with Crippen LogP contribution in [0.25, 0.3) is 22.2 Å². The van der Waals surface area contributed by atoms with Crippen LogP contribution in [0.1, 0.15) is 12.0 Å². The molecular weight excluding hydrogens is 357 g/mol. The van der Waals surface area contributed by atoms with Gasteiger partial charge in [-0.25, -0.2) is 4.39 Å². The number of rotatable bonds is 4. The van der Waals surface area contributed by atoms with Crippen LogP contribution in [0.2, 0.25) is 0 Å². The number of aromatic nitrogens is 2. The van der Waals surface area contributed by atoms with Gasteiger partial charge in [0.2, 0.25) is 0 Å². The lowest BCUT2D eigenvalue weighted by atomic mass is 9.75. The predicted molar refractivity (Wildman–Crippen MR) is 106 cm³/mol. The van der Waals surface area contributed by atoms with E-state index in [0.717, 1.165) is 41.1 Å². The van der Waals surface area contributed by atoms with E-state index in [1.165, 1.54) is 17.7 Å². The number of benzene rings is 2. The van der Waals surface area contributed by atoms with Gasteiger partial charge < -0.3 is 9.64 Å². The molecule has 0 bridgehead atoms. The van der Waals surface area contributed by atoms with Crippen LogP contribution in [-0.2, 0) is 10.2 Å². The Balaban J connectivity index is 1.52. The molecule has 3 heterocycles. The van der Waals surface area contributed by atoms with Crippen LogP contribution < -0.4 is 0 Å². The van der Waals surface area contributed by atoms with Gasteiger partial charge in [-0.2, -0.15) is 10.2 Å². The number of hydrogen-bond acceptors (Lipinski definition) is 5. The van der Waals surface area contributed by atoms with E-state index in [1.54, 1.807) is 6.07 Å². The first-order valence-electron chi connectivity index (χ1n) is 9.36. The van der Waals surface area contributed by atoms with Gasteiger partial charge in [0.15, 0.2) is 0 Å². The predicted octanol–water partition coefficient (Wildman–Crippen LogP) is 3.18. The van der Waals surface area contributed by atoms with Gasteiger partial charge in [0.25, 0.3) is 0 Å². The Morgan fingerprint density at radius 1 is 1.18 bits per heavy atom. The molecule has 1 aromatic heterocycles. The summed E-state index contributed by atoms with van der Waals surface area (Å²) in [4.78, 5) is 2.17. The first-order valence-corrected chi connectivity index (χ1v) is 9.36. The van der Waals surface area contributed by atoms with Crippen molar-refractivity contribution in [1.82, 2.24) is 20.1 Å². The largest absolute Gasteiger partial charge is 0.379 e. The fourth-order valence-electron chi connectivity index (χ4n) is 4.09. The minimum absolute atomic E-state index is 0.0916. The van der Waals surface area contributed by atoms with E-state index >= 15 is 0 Å². The van der Waals surface area contributed by atoms with Crippen molar-refractivity contribution in [3.05, 3.63) is 53.8 Å². The molecule has 2 aliphatic rings. The van der Waals surface area contributed by atoms with Crippen molar-refractivity contribution in [3.8, 4) is 11.3 Å². The van der Waals surface area contributed by atoms with E-state index in [4.69, 9.17) is 4.74 Å². The summed E-state index contributed by atoms with van der Waals surface area (Å²) in [5, 5.41) is 14.8. The molecule has 28 heavy (non-hydrogen) atoms. The van der Waals surface area contributed by atoms with Crippen LogP contribution in [0.5, 0.6) is 0 Å². The number of nitrogens with zero attached hydrogens (tertiary/aromatic N) is 4. The summed E-state index contributed by atoms with van der Waals surface area (Å²) < 4.78 is 19.4. The maximum Gasteiger partial charge on any atom is 0.127 e. The van der Waals surface area contributed by atoms with E-state index in [2.05, 4.69) is 39.4 Å². The summed E-state index contributed by atoms with van der Waals surface area (Å²) >= 11 is 0. The average molecular weight is 379 g/mol. The first-order chi connectivity index (χ1) is 13.5. The molecule has 0 atom stereocenters. The lowest BCUT2D eigenvalue weighted by Crippen LogP contribution is -2.49. The SMILES string of the molecule is CN1CN(C)C(CC2(c3cccc(-c4n[nH]c5ccc(F)cc45)c3)COC2)=N1. The molecule has 0 aliphatic carbocycles. The van der Waals surface area contributed by atoms with Gasteiger partial charge in [-0.1, -0.05) is 18.2 Å². The number of nitrogens with one attached hydrogen (secondary N) is 1. The molecule has 0 radical (unpaired) electrons. The molecule has 3 aromatic rings. The normalized spacial score (nSPS) is 18.5. The van der Waals surface area contributed by atoms with Crippen molar-refractivity contribution >= 4 is 16.7 Å². The third-order valence-electron chi connectivity index (χ3n) is 5.67. The van der Waals surface area contributed by atoms with Gasteiger partial charge in [-0.05, 0) is 29.8 Å². The van der Waals surface area contributed by atoms with Gasteiger partial charge in [-0.15, -0.1) is 0 Å². The second kappa shape index (κ2) is 6.31. The summed E-state index contributed by atoms with van der Waals surface area (Å²) in [5.74, 6) is 0.810. The maximum atomic E-state index is 13.8. The van der Waals surface area contributed by atoms with Crippen molar-refractivity contribution in [2.75, 3.05) is 34.0 Å². The molecule has 1 N–H and O–H groups in total. The Hall–Kier alpha value is -2.93. The number of halogens is 1. The van der Waals surface area contributed by atoms with Crippen molar-refractivity contribution in [2.24, 2.45) is 5.10 Å². The molecule has 1 fully saturated rings. The summed E-state index contributed by atoms with van der Waals surface area (Å²) in [6.45, 7) is 2.14. The Bertz CT molecular complexity index is 1070. The molecule has 6 nitrogen and oxygen atoms in total. The number of H-pyrrole nitrogens is 1. The highest BCUT2D eigenvalue weighted by atomic mass is 19.1. The molecule has 2 aliphatic heterocycles.